The lowest BCUT2D eigenvalue weighted by Gasteiger charge is -2.10. The molecule has 2 heterocycles. The van der Waals surface area contributed by atoms with E-state index >= 15 is 0 Å². The van der Waals surface area contributed by atoms with Crippen molar-refractivity contribution in [3.05, 3.63) is 45.0 Å². The highest BCUT2D eigenvalue weighted by molar-refractivity contribution is 9.10. The van der Waals surface area contributed by atoms with Crippen molar-refractivity contribution >= 4 is 32.7 Å². The first-order chi connectivity index (χ1) is 9.67. The fourth-order valence-corrected chi connectivity index (χ4v) is 2.66. The number of imidazole rings is 1. The molecule has 1 aromatic carbocycles. The Bertz CT molecular complexity index is 801. The minimum atomic E-state index is -0.201. The summed E-state index contributed by atoms with van der Waals surface area (Å²) in [5.41, 5.74) is 3.41. The van der Waals surface area contributed by atoms with Crippen LogP contribution in [0.2, 0.25) is 0 Å². The molecular formula is C13H14BrN5O. The van der Waals surface area contributed by atoms with Gasteiger partial charge in [0.1, 0.15) is 0 Å². The summed E-state index contributed by atoms with van der Waals surface area (Å²) in [5.74, 6) is 0. The number of aromatic amines is 2. The fraction of sp³-hybridized carbons (Fsp3) is 0.231. The Hall–Kier alpha value is -2.02. The summed E-state index contributed by atoms with van der Waals surface area (Å²) in [6, 6.07) is 5.78. The zero-order chi connectivity index (χ0) is 14.1. The number of anilines is 1. The van der Waals surface area contributed by atoms with E-state index in [9.17, 15) is 4.79 Å². The molecule has 0 radical (unpaired) electrons. The number of aromatic nitrogens is 4. The Morgan fingerprint density at radius 2 is 2.10 bits per heavy atom. The van der Waals surface area contributed by atoms with Gasteiger partial charge in [0.2, 0.25) is 0 Å². The second-order valence-corrected chi connectivity index (χ2v) is 5.30. The lowest BCUT2D eigenvalue weighted by Crippen LogP contribution is -2.08. The van der Waals surface area contributed by atoms with E-state index in [0.29, 0.717) is 6.54 Å². The molecule has 104 valence electrons. The van der Waals surface area contributed by atoms with Gasteiger partial charge in [0.05, 0.1) is 29.0 Å². The number of nitrogens with one attached hydrogen (secondary N) is 3. The van der Waals surface area contributed by atoms with Crippen LogP contribution in [0, 0.1) is 0 Å². The van der Waals surface area contributed by atoms with Crippen LogP contribution in [-0.2, 0) is 13.1 Å². The standard InChI is InChI=1S/C13H14BrN5O/c1-2-19-8(3-4-16-19)7-15-10-6-12-11(5-9(10)14)17-13(20)18-12/h3-6,15H,2,7H2,1H3,(H2,17,18,20). The molecule has 3 rings (SSSR count). The molecule has 20 heavy (non-hydrogen) atoms. The average molecular weight is 336 g/mol. The molecule has 2 aromatic heterocycles. The smallest absolute Gasteiger partial charge is 0.323 e. The monoisotopic (exact) mass is 335 g/mol. The normalized spacial score (nSPS) is 11.1. The van der Waals surface area contributed by atoms with Crippen molar-refractivity contribution in [2.45, 2.75) is 20.0 Å². The molecule has 3 aromatic rings. The first-order valence-corrected chi connectivity index (χ1v) is 7.13. The van der Waals surface area contributed by atoms with Crippen LogP contribution in [0.4, 0.5) is 5.69 Å². The molecule has 0 unspecified atom stereocenters. The zero-order valence-corrected chi connectivity index (χ0v) is 12.5. The fourth-order valence-electron chi connectivity index (χ4n) is 2.17. The van der Waals surface area contributed by atoms with Gasteiger partial charge in [-0.2, -0.15) is 5.10 Å². The first kappa shape index (κ1) is 13.0. The van der Waals surface area contributed by atoms with Crippen LogP contribution in [0.3, 0.4) is 0 Å². The van der Waals surface area contributed by atoms with E-state index in [-0.39, 0.29) is 5.69 Å². The number of nitrogens with zero attached hydrogens (tertiary/aromatic N) is 2. The van der Waals surface area contributed by atoms with E-state index in [2.05, 4.69) is 43.2 Å². The number of rotatable bonds is 4. The average Bonchev–Trinajstić information content (AvgIpc) is 3.00. The van der Waals surface area contributed by atoms with Gasteiger partial charge >= 0.3 is 5.69 Å². The maximum Gasteiger partial charge on any atom is 0.323 e. The second kappa shape index (κ2) is 5.16. The zero-order valence-electron chi connectivity index (χ0n) is 10.9. The highest BCUT2D eigenvalue weighted by atomic mass is 79.9. The van der Waals surface area contributed by atoms with Crippen LogP contribution >= 0.6 is 15.9 Å². The van der Waals surface area contributed by atoms with Gasteiger partial charge in [-0.15, -0.1) is 0 Å². The van der Waals surface area contributed by atoms with Crippen molar-refractivity contribution in [3.8, 4) is 0 Å². The summed E-state index contributed by atoms with van der Waals surface area (Å²) in [6.07, 6.45) is 1.79. The Morgan fingerprint density at radius 1 is 1.35 bits per heavy atom. The lowest BCUT2D eigenvalue weighted by atomic mass is 10.2. The molecule has 0 amide bonds. The number of fused-ring (bicyclic) bond motifs is 1. The van der Waals surface area contributed by atoms with E-state index in [4.69, 9.17) is 0 Å². The molecule has 7 heteroatoms. The minimum absolute atomic E-state index is 0.201. The molecule has 6 nitrogen and oxygen atoms in total. The van der Waals surface area contributed by atoms with Crippen LogP contribution in [0.15, 0.2) is 33.7 Å². The number of hydrogen-bond acceptors (Lipinski definition) is 3. The van der Waals surface area contributed by atoms with Crippen molar-refractivity contribution < 1.29 is 0 Å². The van der Waals surface area contributed by atoms with Gasteiger partial charge in [-0.1, -0.05) is 0 Å². The van der Waals surface area contributed by atoms with Gasteiger partial charge in [0, 0.05) is 17.2 Å². The Balaban J connectivity index is 1.87. The van der Waals surface area contributed by atoms with Crippen molar-refractivity contribution in [2.24, 2.45) is 0 Å². The van der Waals surface area contributed by atoms with Crippen LogP contribution in [0.5, 0.6) is 0 Å². The van der Waals surface area contributed by atoms with Crippen LogP contribution < -0.4 is 11.0 Å². The van der Waals surface area contributed by atoms with Gasteiger partial charge in [-0.3, -0.25) is 4.68 Å². The predicted octanol–water partition coefficient (Wildman–Crippen LogP) is 2.45. The van der Waals surface area contributed by atoms with E-state index in [1.54, 1.807) is 6.20 Å². The molecule has 0 bridgehead atoms. The van der Waals surface area contributed by atoms with Gasteiger partial charge < -0.3 is 15.3 Å². The molecular weight excluding hydrogens is 322 g/mol. The van der Waals surface area contributed by atoms with E-state index in [1.807, 2.05) is 22.9 Å². The van der Waals surface area contributed by atoms with Crippen LogP contribution in [0.25, 0.3) is 11.0 Å². The largest absolute Gasteiger partial charge is 0.378 e. The summed E-state index contributed by atoms with van der Waals surface area (Å²) in [6.45, 7) is 3.57. The molecule has 0 saturated carbocycles. The number of benzene rings is 1. The summed E-state index contributed by atoms with van der Waals surface area (Å²) >= 11 is 3.51. The number of halogens is 1. The molecule has 0 aliphatic heterocycles. The summed E-state index contributed by atoms with van der Waals surface area (Å²) in [7, 11) is 0. The highest BCUT2D eigenvalue weighted by Gasteiger charge is 2.06. The number of hydrogen-bond donors (Lipinski definition) is 3. The minimum Gasteiger partial charge on any atom is -0.378 e. The van der Waals surface area contributed by atoms with Crippen molar-refractivity contribution in [1.82, 2.24) is 19.7 Å². The lowest BCUT2D eigenvalue weighted by molar-refractivity contribution is 0.627. The quantitative estimate of drug-likeness (QED) is 0.685. The predicted molar refractivity (Wildman–Crippen MR) is 81.8 cm³/mol. The third-order valence-electron chi connectivity index (χ3n) is 3.17. The van der Waals surface area contributed by atoms with Crippen molar-refractivity contribution in [1.29, 1.82) is 0 Å². The molecule has 0 atom stereocenters. The molecule has 0 spiro atoms. The Kier molecular flexibility index (Phi) is 3.35. The van der Waals surface area contributed by atoms with Crippen molar-refractivity contribution in [2.75, 3.05) is 5.32 Å². The summed E-state index contributed by atoms with van der Waals surface area (Å²) in [5, 5.41) is 7.58. The van der Waals surface area contributed by atoms with E-state index in [1.165, 1.54) is 0 Å². The maximum atomic E-state index is 11.3. The topological polar surface area (TPSA) is 78.5 Å². The molecule has 3 N–H and O–H groups in total. The maximum absolute atomic E-state index is 11.3. The molecule has 0 fully saturated rings. The second-order valence-electron chi connectivity index (χ2n) is 4.45. The third-order valence-corrected chi connectivity index (χ3v) is 3.82. The Morgan fingerprint density at radius 3 is 2.85 bits per heavy atom. The molecule has 0 saturated heterocycles. The summed E-state index contributed by atoms with van der Waals surface area (Å²) < 4.78 is 2.85. The number of H-pyrrole nitrogens is 2. The van der Waals surface area contributed by atoms with Crippen molar-refractivity contribution in [3.63, 3.8) is 0 Å². The molecule has 0 aliphatic carbocycles. The number of aryl methyl sites for hydroxylation is 1. The third kappa shape index (κ3) is 2.36. The SMILES string of the molecule is CCn1nccc1CNc1cc2[nH]c(=O)[nH]c2cc1Br. The first-order valence-electron chi connectivity index (χ1n) is 6.33. The van der Waals surface area contributed by atoms with E-state index in [0.717, 1.165) is 33.4 Å². The summed E-state index contributed by atoms with van der Waals surface area (Å²) in [4.78, 5) is 16.8. The van der Waals surface area contributed by atoms with Gasteiger partial charge in [0.15, 0.2) is 0 Å². The van der Waals surface area contributed by atoms with Gasteiger partial charge in [0.25, 0.3) is 0 Å². The molecule has 0 aliphatic rings. The Labute approximate surface area is 123 Å². The van der Waals surface area contributed by atoms with Gasteiger partial charge in [-0.25, -0.2) is 4.79 Å². The highest BCUT2D eigenvalue weighted by Crippen LogP contribution is 2.26. The van der Waals surface area contributed by atoms with Gasteiger partial charge in [-0.05, 0) is 41.1 Å². The van der Waals surface area contributed by atoms with Crippen LogP contribution in [-0.4, -0.2) is 19.7 Å². The van der Waals surface area contributed by atoms with E-state index < -0.39 is 0 Å². The van der Waals surface area contributed by atoms with Crippen LogP contribution in [0.1, 0.15) is 12.6 Å².